The van der Waals surface area contributed by atoms with Crippen molar-refractivity contribution >= 4 is 70.3 Å². The van der Waals surface area contributed by atoms with Gasteiger partial charge in [0.2, 0.25) is 5.91 Å². The number of aliphatic carboxylic acids is 1. The van der Waals surface area contributed by atoms with E-state index in [4.69, 9.17) is 11.6 Å². The first kappa shape index (κ1) is 29.8. The zero-order valence-corrected chi connectivity index (χ0v) is 23.0. The molecule has 0 aromatic carbocycles. The summed E-state index contributed by atoms with van der Waals surface area (Å²) in [6, 6.07) is 2.11. The molecule has 4 amide bonds. The number of β-lactam (4-membered cyclic amide) rings is 1. The lowest BCUT2D eigenvalue weighted by Gasteiger charge is -2.49. The Morgan fingerprint density at radius 1 is 1.32 bits per heavy atom. The molecule has 2 unspecified atom stereocenters. The Morgan fingerprint density at radius 3 is 2.70 bits per heavy atom. The third kappa shape index (κ3) is 6.73. The number of rotatable bonds is 9. The van der Waals surface area contributed by atoms with Gasteiger partial charge in [-0.2, -0.15) is 13.2 Å². The largest absolute Gasteiger partial charge is 0.593 e. The van der Waals surface area contributed by atoms with Crippen molar-refractivity contribution in [1.29, 1.82) is 0 Å². The van der Waals surface area contributed by atoms with Crippen LogP contribution in [0.4, 0.5) is 18.0 Å². The molecule has 2 aliphatic rings. The fourth-order valence-corrected chi connectivity index (χ4v) is 6.93. The first-order valence-electron chi connectivity index (χ1n) is 11.1. The quantitative estimate of drug-likeness (QED) is 0.139. The number of amides is 4. The number of thioether (sulfide) groups is 2. The highest BCUT2D eigenvalue weighted by atomic mass is 35.5. The van der Waals surface area contributed by atoms with E-state index in [1.807, 2.05) is 0 Å². The van der Waals surface area contributed by atoms with E-state index >= 15 is 0 Å². The number of carboxylic acids is 1. The third-order valence-corrected chi connectivity index (χ3v) is 9.05. The molecule has 0 bridgehead atoms. The minimum absolute atomic E-state index is 0.105. The van der Waals surface area contributed by atoms with Crippen LogP contribution < -0.4 is 20.8 Å². The summed E-state index contributed by atoms with van der Waals surface area (Å²) < 4.78 is 37.4. The summed E-state index contributed by atoms with van der Waals surface area (Å²) in [4.78, 5) is 51.7. The van der Waals surface area contributed by atoms with Gasteiger partial charge in [-0.15, -0.1) is 23.1 Å². The van der Waals surface area contributed by atoms with Crippen LogP contribution >= 0.6 is 46.5 Å². The molecule has 0 spiro atoms. The monoisotopic (exact) mass is 638 g/mol. The predicted molar refractivity (Wildman–Crippen MR) is 138 cm³/mol. The molecule has 2 aromatic rings. The standard InChI is InChI=1S/C21H18ClF3N6O6S3/c22-11-3-4-12(29-31(11)37)39-6-9-7-40-18-14(17(33)30(18)15(9)19(34)35)27-16(32)13(10-2-1-5-38-10)28-20(36)26-8-21(23,24)25/h1-5,13-14,18H,6-8H2,(H,27,32)(H,34,35)(H2,26,28,36)/t13?,14-,18?/m0/s1. The summed E-state index contributed by atoms with van der Waals surface area (Å²) in [6.07, 6.45) is -4.66. The van der Waals surface area contributed by atoms with Crippen LogP contribution in [-0.2, 0) is 14.4 Å². The Labute approximate surface area is 240 Å². The molecule has 4 rings (SSSR count). The summed E-state index contributed by atoms with van der Waals surface area (Å²) in [6.45, 7) is -1.61. The number of carbonyl (C=O) groups excluding carboxylic acids is 3. The Hall–Kier alpha value is -3.22. The van der Waals surface area contributed by atoms with Crippen molar-refractivity contribution in [3.63, 3.8) is 0 Å². The number of fused-ring (bicyclic) bond motifs is 1. The first-order chi connectivity index (χ1) is 18.9. The van der Waals surface area contributed by atoms with Crippen LogP contribution in [0.5, 0.6) is 0 Å². The average molecular weight is 639 g/mol. The number of hydrogen-bond donors (Lipinski definition) is 4. The molecule has 1 fully saturated rings. The minimum atomic E-state index is -4.66. The molecule has 12 nitrogen and oxygen atoms in total. The number of carboxylic acid groups (broad SMARTS) is 1. The van der Waals surface area contributed by atoms with E-state index in [0.717, 1.165) is 28.0 Å². The highest BCUT2D eigenvalue weighted by molar-refractivity contribution is 8.01. The Balaban J connectivity index is 1.44. The van der Waals surface area contributed by atoms with E-state index in [0.29, 0.717) is 10.5 Å². The summed E-state index contributed by atoms with van der Waals surface area (Å²) in [5, 5.41) is 32.4. The summed E-state index contributed by atoms with van der Waals surface area (Å²) >= 11 is 8.99. The molecule has 2 aromatic heterocycles. The van der Waals surface area contributed by atoms with Gasteiger partial charge in [0.05, 0.1) is 0 Å². The van der Waals surface area contributed by atoms with Crippen LogP contribution in [0.3, 0.4) is 0 Å². The maximum atomic E-state index is 13.1. The van der Waals surface area contributed by atoms with Crippen LogP contribution in [0.1, 0.15) is 10.9 Å². The number of nitrogens with one attached hydrogen (secondary N) is 3. The SMILES string of the molecule is O=C(NCC(F)(F)F)NC(C(=O)N[C@H]1C(=O)N2C(C(=O)O)=C(CSc3ccc(Cl)[n+]([O-])n3)CSC12)c1cccs1. The topological polar surface area (TPSA) is 168 Å². The number of halogens is 4. The molecule has 4 heterocycles. The Kier molecular flexibility index (Phi) is 9.01. The van der Waals surface area contributed by atoms with Crippen molar-refractivity contribution in [2.75, 3.05) is 18.1 Å². The molecule has 1 saturated heterocycles. The number of urea groups is 1. The minimum Gasteiger partial charge on any atom is -0.593 e. The first-order valence-corrected chi connectivity index (χ1v) is 14.4. The number of thiophene rings is 1. The summed E-state index contributed by atoms with van der Waals surface area (Å²) in [5.41, 5.74) is 0.140. The van der Waals surface area contributed by atoms with Crippen molar-refractivity contribution in [2.45, 2.75) is 28.7 Å². The summed E-state index contributed by atoms with van der Waals surface area (Å²) in [5.74, 6) is -2.63. The van der Waals surface area contributed by atoms with Gasteiger partial charge in [0.25, 0.3) is 5.91 Å². The molecule has 2 aliphatic heterocycles. The second-order valence-corrected chi connectivity index (χ2v) is 11.7. The van der Waals surface area contributed by atoms with E-state index in [1.165, 1.54) is 30.0 Å². The van der Waals surface area contributed by atoms with Crippen molar-refractivity contribution in [2.24, 2.45) is 0 Å². The molecular weight excluding hydrogens is 621 g/mol. The molecule has 19 heteroatoms. The highest BCUT2D eigenvalue weighted by Gasteiger charge is 2.54. The fourth-order valence-electron chi connectivity index (χ4n) is 3.73. The van der Waals surface area contributed by atoms with Gasteiger partial charge in [0.15, 0.2) is 5.03 Å². The van der Waals surface area contributed by atoms with Crippen LogP contribution in [0.15, 0.2) is 45.9 Å². The van der Waals surface area contributed by atoms with Crippen LogP contribution in [0, 0.1) is 5.21 Å². The Bertz CT molecular complexity index is 1360. The third-order valence-electron chi connectivity index (χ3n) is 5.49. The van der Waals surface area contributed by atoms with Gasteiger partial charge in [-0.05, 0) is 39.5 Å². The van der Waals surface area contributed by atoms with Gasteiger partial charge >= 0.3 is 23.3 Å². The molecule has 40 heavy (non-hydrogen) atoms. The second-order valence-electron chi connectivity index (χ2n) is 8.20. The van der Waals surface area contributed by atoms with E-state index < -0.39 is 54.0 Å². The number of carbonyl (C=O) groups is 4. The van der Waals surface area contributed by atoms with E-state index in [9.17, 15) is 42.7 Å². The molecule has 0 saturated carbocycles. The van der Waals surface area contributed by atoms with Gasteiger partial charge in [-0.25, -0.2) is 9.59 Å². The molecule has 3 atom stereocenters. The van der Waals surface area contributed by atoms with Crippen LogP contribution in [-0.4, -0.2) is 74.6 Å². The maximum Gasteiger partial charge on any atom is 0.405 e. The van der Waals surface area contributed by atoms with Crippen molar-refractivity contribution < 1.29 is 42.3 Å². The van der Waals surface area contributed by atoms with Crippen LogP contribution in [0.25, 0.3) is 0 Å². The lowest BCUT2D eigenvalue weighted by Crippen LogP contribution is -2.71. The number of aromatic nitrogens is 2. The van der Waals surface area contributed by atoms with Gasteiger partial charge in [0, 0.05) is 27.5 Å². The lowest BCUT2D eigenvalue weighted by molar-refractivity contribution is -0.670. The molecule has 214 valence electrons. The second kappa shape index (κ2) is 12.1. The zero-order chi connectivity index (χ0) is 29.2. The average Bonchev–Trinajstić information content (AvgIpc) is 3.43. The number of nitrogens with zero attached hydrogens (tertiary/aromatic N) is 3. The number of hydrogen-bond acceptors (Lipinski definition) is 9. The normalized spacial score (nSPS) is 19.4. The van der Waals surface area contributed by atoms with E-state index in [-0.39, 0.29) is 32.2 Å². The van der Waals surface area contributed by atoms with Gasteiger partial charge in [0.1, 0.15) is 29.7 Å². The van der Waals surface area contributed by atoms with Crippen LogP contribution in [0.2, 0.25) is 5.15 Å². The Morgan fingerprint density at radius 2 is 2.08 bits per heavy atom. The number of alkyl halides is 3. The highest BCUT2D eigenvalue weighted by Crippen LogP contribution is 2.41. The fraction of sp³-hybridized carbons (Fsp3) is 0.333. The van der Waals surface area contributed by atoms with Gasteiger partial charge in [-0.3, -0.25) is 14.5 Å². The summed E-state index contributed by atoms with van der Waals surface area (Å²) in [7, 11) is 0. The molecule has 0 aliphatic carbocycles. The van der Waals surface area contributed by atoms with E-state index in [1.54, 1.807) is 16.8 Å². The molecular formula is C21H18ClF3N6O6S3. The van der Waals surface area contributed by atoms with Gasteiger partial charge in [-0.1, -0.05) is 17.8 Å². The van der Waals surface area contributed by atoms with E-state index in [2.05, 4.69) is 15.7 Å². The van der Waals surface area contributed by atoms with Crippen molar-refractivity contribution in [1.82, 2.24) is 25.9 Å². The van der Waals surface area contributed by atoms with Crippen molar-refractivity contribution in [3.05, 3.63) is 56.2 Å². The zero-order valence-electron chi connectivity index (χ0n) is 19.8. The predicted octanol–water partition coefficient (Wildman–Crippen LogP) is 1.86. The van der Waals surface area contributed by atoms with Gasteiger partial charge < -0.3 is 26.3 Å². The lowest BCUT2D eigenvalue weighted by atomic mass is 10.0. The van der Waals surface area contributed by atoms with Crippen molar-refractivity contribution in [3.8, 4) is 0 Å². The smallest absolute Gasteiger partial charge is 0.405 e. The molecule has 0 radical (unpaired) electrons. The molecule has 4 N–H and O–H groups in total. The maximum absolute atomic E-state index is 13.1.